The molecule has 1 aromatic carbocycles. The Kier molecular flexibility index (Phi) is 3.68. The highest BCUT2D eigenvalue weighted by Gasteiger charge is 2.32. The number of nitrogens with zero attached hydrogens (tertiary/aromatic N) is 5. The van der Waals surface area contributed by atoms with E-state index in [1.807, 2.05) is 13.0 Å². The number of benzene rings is 1. The van der Waals surface area contributed by atoms with Crippen LogP contribution in [-0.2, 0) is 6.18 Å². The Morgan fingerprint density at radius 1 is 1.13 bits per heavy atom. The van der Waals surface area contributed by atoms with Crippen LogP contribution in [0.15, 0.2) is 42.9 Å². The molecule has 0 unspecified atom stereocenters. The Labute approximate surface area is 129 Å². The second-order valence-corrected chi connectivity index (χ2v) is 4.79. The van der Waals surface area contributed by atoms with Crippen molar-refractivity contribution in [3.05, 3.63) is 54.1 Å². The van der Waals surface area contributed by atoms with Crippen LogP contribution in [0.2, 0.25) is 0 Å². The highest BCUT2D eigenvalue weighted by molar-refractivity contribution is 5.59. The van der Waals surface area contributed by atoms with E-state index in [0.29, 0.717) is 5.69 Å². The SMILES string of the molecule is Cc1cc(Nc2nccc(C(F)(F)F)n2)cc(-n2ccnn2)c1. The predicted octanol–water partition coefficient (Wildman–Crippen LogP) is 3.13. The van der Waals surface area contributed by atoms with E-state index in [9.17, 15) is 13.2 Å². The molecule has 0 aliphatic rings. The molecule has 0 radical (unpaired) electrons. The second kappa shape index (κ2) is 5.67. The van der Waals surface area contributed by atoms with E-state index in [4.69, 9.17) is 0 Å². The van der Waals surface area contributed by atoms with E-state index in [0.717, 1.165) is 23.5 Å². The molecule has 118 valence electrons. The van der Waals surface area contributed by atoms with Gasteiger partial charge in [0, 0.05) is 11.9 Å². The summed E-state index contributed by atoms with van der Waals surface area (Å²) < 4.78 is 39.6. The Balaban J connectivity index is 1.92. The zero-order chi connectivity index (χ0) is 16.4. The van der Waals surface area contributed by atoms with Crippen LogP contribution in [-0.4, -0.2) is 25.0 Å². The van der Waals surface area contributed by atoms with Crippen molar-refractivity contribution in [1.82, 2.24) is 25.0 Å². The Morgan fingerprint density at radius 3 is 2.65 bits per heavy atom. The standard InChI is InChI=1S/C14H11F3N6/c1-9-6-10(8-11(7-9)23-5-4-19-22-23)20-13-18-3-2-12(21-13)14(15,16)17/h2-8H,1H3,(H,18,20,21). The average Bonchev–Trinajstić information content (AvgIpc) is 3.00. The van der Waals surface area contributed by atoms with E-state index in [2.05, 4.69) is 25.6 Å². The van der Waals surface area contributed by atoms with Gasteiger partial charge in [-0.15, -0.1) is 5.10 Å². The van der Waals surface area contributed by atoms with Crippen molar-refractivity contribution in [2.24, 2.45) is 0 Å². The number of hydrogen-bond donors (Lipinski definition) is 1. The third kappa shape index (κ3) is 3.44. The molecule has 0 atom stereocenters. The molecular weight excluding hydrogens is 309 g/mol. The lowest BCUT2D eigenvalue weighted by Crippen LogP contribution is -2.10. The van der Waals surface area contributed by atoms with Gasteiger partial charge in [0.15, 0.2) is 0 Å². The quantitative estimate of drug-likeness (QED) is 0.803. The molecule has 3 aromatic rings. The van der Waals surface area contributed by atoms with Gasteiger partial charge in [-0.2, -0.15) is 13.2 Å². The van der Waals surface area contributed by atoms with E-state index >= 15 is 0 Å². The fraction of sp³-hybridized carbons (Fsp3) is 0.143. The summed E-state index contributed by atoms with van der Waals surface area (Å²) in [7, 11) is 0. The molecule has 0 amide bonds. The molecule has 3 rings (SSSR count). The third-order valence-corrected chi connectivity index (χ3v) is 2.95. The fourth-order valence-electron chi connectivity index (χ4n) is 2.02. The van der Waals surface area contributed by atoms with Gasteiger partial charge in [0.05, 0.1) is 18.1 Å². The number of halogens is 3. The minimum atomic E-state index is -4.52. The van der Waals surface area contributed by atoms with Crippen molar-refractivity contribution in [2.45, 2.75) is 13.1 Å². The molecule has 0 fully saturated rings. The number of rotatable bonds is 3. The van der Waals surface area contributed by atoms with Gasteiger partial charge in [0.2, 0.25) is 5.95 Å². The largest absolute Gasteiger partial charge is 0.433 e. The molecule has 0 aliphatic carbocycles. The number of aromatic nitrogens is 5. The van der Waals surface area contributed by atoms with Gasteiger partial charge in [0.1, 0.15) is 5.69 Å². The lowest BCUT2D eigenvalue weighted by Gasteiger charge is -2.10. The highest BCUT2D eigenvalue weighted by atomic mass is 19.4. The molecule has 6 nitrogen and oxygen atoms in total. The van der Waals surface area contributed by atoms with Crippen molar-refractivity contribution in [3.8, 4) is 5.69 Å². The van der Waals surface area contributed by atoms with Crippen LogP contribution in [0.3, 0.4) is 0 Å². The maximum absolute atomic E-state index is 12.7. The first-order valence-electron chi connectivity index (χ1n) is 6.57. The molecular formula is C14H11F3N6. The van der Waals surface area contributed by atoms with Crippen molar-refractivity contribution in [3.63, 3.8) is 0 Å². The number of anilines is 2. The van der Waals surface area contributed by atoms with Crippen LogP contribution in [0.4, 0.5) is 24.8 Å². The Hall–Kier alpha value is -2.97. The normalized spacial score (nSPS) is 11.5. The van der Waals surface area contributed by atoms with E-state index in [1.54, 1.807) is 23.0 Å². The molecule has 9 heteroatoms. The lowest BCUT2D eigenvalue weighted by molar-refractivity contribution is -0.141. The van der Waals surface area contributed by atoms with E-state index in [1.165, 1.54) is 6.20 Å². The van der Waals surface area contributed by atoms with Crippen LogP contribution in [0.1, 0.15) is 11.3 Å². The van der Waals surface area contributed by atoms with E-state index in [-0.39, 0.29) is 5.95 Å². The van der Waals surface area contributed by atoms with Crippen LogP contribution in [0.25, 0.3) is 5.69 Å². The maximum atomic E-state index is 12.7. The average molecular weight is 320 g/mol. The second-order valence-electron chi connectivity index (χ2n) is 4.79. The van der Waals surface area contributed by atoms with Crippen LogP contribution in [0, 0.1) is 6.92 Å². The molecule has 2 heterocycles. The first-order valence-corrected chi connectivity index (χ1v) is 6.57. The monoisotopic (exact) mass is 320 g/mol. The summed E-state index contributed by atoms with van der Waals surface area (Å²) in [6.07, 6.45) is -0.255. The molecule has 0 saturated carbocycles. The van der Waals surface area contributed by atoms with Crippen LogP contribution < -0.4 is 5.32 Å². The number of nitrogens with one attached hydrogen (secondary N) is 1. The molecule has 2 aromatic heterocycles. The topological polar surface area (TPSA) is 68.5 Å². The maximum Gasteiger partial charge on any atom is 0.433 e. The summed E-state index contributed by atoms with van der Waals surface area (Å²) in [5.74, 6) is -0.130. The van der Waals surface area contributed by atoms with Gasteiger partial charge in [0.25, 0.3) is 0 Å². The number of alkyl halides is 3. The summed E-state index contributed by atoms with van der Waals surface area (Å²) in [5.41, 5.74) is 1.17. The minimum Gasteiger partial charge on any atom is -0.324 e. The molecule has 0 aliphatic heterocycles. The molecule has 0 bridgehead atoms. The minimum absolute atomic E-state index is 0.130. The predicted molar refractivity (Wildman–Crippen MR) is 76.4 cm³/mol. The summed E-state index contributed by atoms with van der Waals surface area (Å²) in [6, 6.07) is 6.17. The molecule has 0 spiro atoms. The summed E-state index contributed by atoms with van der Waals surface area (Å²) in [4.78, 5) is 7.29. The summed E-state index contributed by atoms with van der Waals surface area (Å²) in [5, 5.41) is 10.4. The third-order valence-electron chi connectivity index (χ3n) is 2.95. The van der Waals surface area contributed by atoms with E-state index < -0.39 is 11.9 Å². The summed E-state index contributed by atoms with van der Waals surface area (Å²) in [6.45, 7) is 1.86. The molecule has 23 heavy (non-hydrogen) atoms. The van der Waals surface area contributed by atoms with Crippen molar-refractivity contribution >= 4 is 11.6 Å². The van der Waals surface area contributed by atoms with Gasteiger partial charge in [-0.3, -0.25) is 0 Å². The van der Waals surface area contributed by atoms with Crippen LogP contribution >= 0.6 is 0 Å². The van der Waals surface area contributed by atoms with Gasteiger partial charge in [-0.05, 0) is 36.8 Å². The fourth-order valence-corrected chi connectivity index (χ4v) is 2.02. The van der Waals surface area contributed by atoms with Crippen molar-refractivity contribution < 1.29 is 13.2 Å². The van der Waals surface area contributed by atoms with Crippen molar-refractivity contribution in [2.75, 3.05) is 5.32 Å². The van der Waals surface area contributed by atoms with Gasteiger partial charge >= 0.3 is 6.18 Å². The molecule has 0 saturated heterocycles. The zero-order valence-electron chi connectivity index (χ0n) is 11.9. The Morgan fingerprint density at radius 2 is 1.96 bits per heavy atom. The highest BCUT2D eigenvalue weighted by Crippen LogP contribution is 2.28. The van der Waals surface area contributed by atoms with Gasteiger partial charge in [-0.25, -0.2) is 14.6 Å². The Bertz CT molecular complexity index is 814. The summed E-state index contributed by atoms with van der Waals surface area (Å²) >= 11 is 0. The van der Waals surface area contributed by atoms with Crippen molar-refractivity contribution in [1.29, 1.82) is 0 Å². The smallest absolute Gasteiger partial charge is 0.324 e. The first-order chi connectivity index (χ1) is 10.9. The first kappa shape index (κ1) is 14.9. The van der Waals surface area contributed by atoms with Gasteiger partial charge in [-0.1, -0.05) is 5.21 Å². The zero-order valence-corrected chi connectivity index (χ0v) is 11.9. The van der Waals surface area contributed by atoms with Gasteiger partial charge < -0.3 is 5.32 Å². The number of hydrogen-bond acceptors (Lipinski definition) is 5. The molecule has 1 N–H and O–H groups in total. The van der Waals surface area contributed by atoms with Crippen LogP contribution in [0.5, 0.6) is 0 Å². The number of aryl methyl sites for hydroxylation is 1. The lowest BCUT2D eigenvalue weighted by atomic mass is 10.2.